The van der Waals surface area contributed by atoms with E-state index in [1.807, 2.05) is 0 Å². The third-order valence-electron chi connectivity index (χ3n) is 3.08. The molecule has 0 saturated carbocycles. The van der Waals surface area contributed by atoms with Gasteiger partial charge in [0.25, 0.3) is 0 Å². The highest BCUT2D eigenvalue weighted by Crippen LogP contribution is 2.36. The summed E-state index contributed by atoms with van der Waals surface area (Å²) in [6.07, 6.45) is -3.65. The Hall–Kier alpha value is -1.47. The number of para-hydroxylation sites is 1. The van der Waals surface area contributed by atoms with Crippen LogP contribution >= 0.6 is 12.4 Å². The first-order valence-electron chi connectivity index (χ1n) is 7.18. The van der Waals surface area contributed by atoms with Gasteiger partial charge in [-0.2, -0.15) is 13.2 Å². The fraction of sp³-hybridized carbons (Fsp3) is 0.533. The van der Waals surface area contributed by atoms with Crippen molar-refractivity contribution in [3.63, 3.8) is 0 Å². The highest BCUT2D eigenvalue weighted by Gasteiger charge is 2.34. The molecule has 0 aliphatic rings. The van der Waals surface area contributed by atoms with Crippen molar-refractivity contribution >= 4 is 18.3 Å². The van der Waals surface area contributed by atoms with Crippen LogP contribution in [0.25, 0.3) is 0 Å². The molecule has 0 saturated heterocycles. The number of carbonyl (C=O) groups excluding carboxylic acids is 1. The minimum absolute atomic E-state index is 0. The molecular formula is C15H22ClF3N2O2. The lowest BCUT2D eigenvalue weighted by Crippen LogP contribution is -2.35. The Morgan fingerprint density at radius 1 is 1.35 bits per heavy atom. The normalized spacial score (nSPS) is 12.2. The molecule has 8 heteroatoms. The predicted molar refractivity (Wildman–Crippen MR) is 84.7 cm³/mol. The van der Waals surface area contributed by atoms with Gasteiger partial charge in [0.15, 0.2) is 0 Å². The van der Waals surface area contributed by atoms with Gasteiger partial charge in [-0.05, 0) is 31.5 Å². The van der Waals surface area contributed by atoms with Crippen LogP contribution in [0.15, 0.2) is 24.3 Å². The van der Waals surface area contributed by atoms with E-state index in [0.29, 0.717) is 25.8 Å². The van der Waals surface area contributed by atoms with Crippen LogP contribution in [0.5, 0.6) is 5.75 Å². The van der Waals surface area contributed by atoms with E-state index in [4.69, 9.17) is 10.5 Å². The Labute approximate surface area is 140 Å². The standard InChI is InChI=1S/C15H21F3N2O2.ClH/c1-2-11(10-20-14(21)8-5-9-19)22-13-7-4-3-6-12(13)15(16,17)18;/h3-4,6-7,11H,2,5,8-10,19H2,1H3,(H,20,21);1H. The highest BCUT2D eigenvalue weighted by molar-refractivity contribution is 5.85. The van der Waals surface area contributed by atoms with E-state index >= 15 is 0 Å². The van der Waals surface area contributed by atoms with Crippen molar-refractivity contribution < 1.29 is 22.7 Å². The van der Waals surface area contributed by atoms with Gasteiger partial charge in [0, 0.05) is 6.42 Å². The molecule has 1 aromatic rings. The van der Waals surface area contributed by atoms with Gasteiger partial charge in [-0.15, -0.1) is 12.4 Å². The van der Waals surface area contributed by atoms with Crippen molar-refractivity contribution in [3.8, 4) is 5.75 Å². The fourth-order valence-corrected chi connectivity index (χ4v) is 1.83. The molecule has 1 atom stereocenters. The molecule has 4 nitrogen and oxygen atoms in total. The van der Waals surface area contributed by atoms with Gasteiger partial charge in [-0.3, -0.25) is 4.79 Å². The third-order valence-corrected chi connectivity index (χ3v) is 3.08. The second-order valence-corrected chi connectivity index (χ2v) is 4.84. The smallest absolute Gasteiger partial charge is 0.419 e. The fourth-order valence-electron chi connectivity index (χ4n) is 1.83. The molecule has 1 unspecified atom stereocenters. The lowest BCUT2D eigenvalue weighted by Gasteiger charge is -2.21. The van der Waals surface area contributed by atoms with Crippen molar-refractivity contribution in [1.29, 1.82) is 0 Å². The Kier molecular flexibility index (Phi) is 9.67. The van der Waals surface area contributed by atoms with Gasteiger partial charge in [0.2, 0.25) is 5.91 Å². The van der Waals surface area contributed by atoms with Crippen molar-refractivity contribution in [2.45, 2.75) is 38.5 Å². The number of nitrogens with one attached hydrogen (secondary N) is 1. The van der Waals surface area contributed by atoms with Crippen LogP contribution in [0.2, 0.25) is 0 Å². The van der Waals surface area contributed by atoms with Gasteiger partial charge in [-0.25, -0.2) is 0 Å². The minimum Gasteiger partial charge on any atom is -0.488 e. The van der Waals surface area contributed by atoms with E-state index in [1.165, 1.54) is 18.2 Å². The zero-order chi connectivity index (χ0) is 16.6. The average molecular weight is 355 g/mol. The van der Waals surface area contributed by atoms with Gasteiger partial charge in [-0.1, -0.05) is 19.1 Å². The predicted octanol–water partition coefficient (Wildman–Crippen LogP) is 3.14. The van der Waals surface area contributed by atoms with Gasteiger partial charge in [0.1, 0.15) is 11.9 Å². The monoisotopic (exact) mass is 354 g/mol. The zero-order valence-electron chi connectivity index (χ0n) is 12.9. The maximum absolute atomic E-state index is 12.9. The summed E-state index contributed by atoms with van der Waals surface area (Å²) >= 11 is 0. The van der Waals surface area contributed by atoms with Crippen LogP contribution < -0.4 is 15.8 Å². The largest absolute Gasteiger partial charge is 0.488 e. The zero-order valence-corrected chi connectivity index (χ0v) is 13.7. The summed E-state index contributed by atoms with van der Waals surface area (Å²) in [4.78, 5) is 11.5. The highest BCUT2D eigenvalue weighted by atomic mass is 35.5. The van der Waals surface area contributed by atoms with E-state index in [9.17, 15) is 18.0 Å². The molecule has 0 aliphatic carbocycles. The summed E-state index contributed by atoms with van der Waals surface area (Å²) in [6, 6.07) is 5.05. The number of nitrogens with two attached hydrogens (primary N) is 1. The molecule has 0 aliphatic heterocycles. The van der Waals surface area contributed by atoms with E-state index in [0.717, 1.165) is 6.07 Å². The number of alkyl halides is 3. The molecule has 1 amide bonds. The van der Waals surface area contributed by atoms with Crippen LogP contribution in [0, 0.1) is 0 Å². The lowest BCUT2D eigenvalue weighted by molar-refractivity contribution is -0.139. The molecule has 23 heavy (non-hydrogen) atoms. The maximum Gasteiger partial charge on any atom is 0.419 e. The van der Waals surface area contributed by atoms with Gasteiger partial charge < -0.3 is 15.8 Å². The Balaban J connectivity index is 0.00000484. The minimum atomic E-state index is -4.47. The van der Waals surface area contributed by atoms with Crippen molar-refractivity contribution in [3.05, 3.63) is 29.8 Å². The summed E-state index contributed by atoms with van der Waals surface area (Å²) in [6.45, 7) is 2.36. The molecule has 0 fully saturated rings. The van der Waals surface area contributed by atoms with Crippen LogP contribution in [0.1, 0.15) is 31.7 Å². The Bertz CT molecular complexity index is 484. The first kappa shape index (κ1) is 21.5. The van der Waals surface area contributed by atoms with Crippen molar-refractivity contribution in [2.75, 3.05) is 13.1 Å². The van der Waals surface area contributed by atoms with Gasteiger partial charge >= 0.3 is 6.18 Å². The van der Waals surface area contributed by atoms with Crippen molar-refractivity contribution in [1.82, 2.24) is 5.32 Å². The van der Waals surface area contributed by atoms with Gasteiger partial charge in [0.05, 0.1) is 12.1 Å². The van der Waals surface area contributed by atoms with E-state index in [-0.39, 0.29) is 30.6 Å². The molecule has 1 rings (SSSR count). The summed E-state index contributed by atoms with van der Waals surface area (Å²) in [5.41, 5.74) is 4.49. The SMILES string of the molecule is CCC(CNC(=O)CCCN)Oc1ccccc1C(F)(F)F.Cl. The topological polar surface area (TPSA) is 64.4 Å². The first-order chi connectivity index (χ1) is 10.4. The number of hydrogen-bond donors (Lipinski definition) is 2. The number of amides is 1. The quantitative estimate of drug-likeness (QED) is 0.753. The molecule has 0 heterocycles. The second kappa shape index (κ2) is 10.3. The van der Waals surface area contributed by atoms with Crippen molar-refractivity contribution in [2.24, 2.45) is 5.73 Å². The molecule has 0 radical (unpaired) electrons. The van der Waals surface area contributed by atoms with E-state index < -0.39 is 17.8 Å². The molecule has 0 bridgehead atoms. The van der Waals surface area contributed by atoms with Crippen LogP contribution in [-0.4, -0.2) is 25.1 Å². The maximum atomic E-state index is 12.9. The Morgan fingerprint density at radius 2 is 2.00 bits per heavy atom. The number of benzene rings is 1. The Morgan fingerprint density at radius 3 is 2.57 bits per heavy atom. The second-order valence-electron chi connectivity index (χ2n) is 4.84. The summed E-state index contributed by atoms with van der Waals surface area (Å²) in [7, 11) is 0. The number of halogens is 4. The number of ether oxygens (including phenoxy) is 1. The third kappa shape index (κ3) is 7.56. The number of carbonyl (C=O) groups is 1. The van der Waals surface area contributed by atoms with E-state index in [2.05, 4.69) is 5.32 Å². The average Bonchev–Trinajstić information content (AvgIpc) is 2.48. The van der Waals surface area contributed by atoms with Crippen LogP contribution in [-0.2, 0) is 11.0 Å². The van der Waals surface area contributed by atoms with E-state index in [1.54, 1.807) is 6.92 Å². The summed E-state index contributed by atoms with van der Waals surface area (Å²) in [5.74, 6) is -0.408. The summed E-state index contributed by atoms with van der Waals surface area (Å²) in [5, 5.41) is 2.65. The van der Waals surface area contributed by atoms with Crippen LogP contribution in [0.4, 0.5) is 13.2 Å². The molecular weight excluding hydrogens is 333 g/mol. The number of hydrogen-bond acceptors (Lipinski definition) is 3. The molecule has 132 valence electrons. The lowest BCUT2D eigenvalue weighted by atomic mass is 10.2. The number of rotatable bonds is 8. The van der Waals surface area contributed by atoms with Crippen LogP contribution in [0.3, 0.4) is 0 Å². The molecule has 3 N–H and O–H groups in total. The molecule has 0 spiro atoms. The first-order valence-corrected chi connectivity index (χ1v) is 7.18. The molecule has 0 aromatic heterocycles. The summed E-state index contributed by atoms with van der Waals surface area (Å²) < 4.78 is 44.1. The molecule has 1 aromatic carbocycles.